The van der Waals surface area contributed by atoms with Crippen molar-refractivity contribution in [2.45, 2.75) is 92.1 Å². The van der Waals surface area contributed by atoms with Crippen LogP contribution in [-0.4, -0.2) is 0 Å². The van der Waals surface area contributed by atoms with Crippen LogP contribution in [0.25, 0.3) is 0 Å². The zero-order valence-corrected chi connectivity index (χ0v) is 22.4. The number of allylic oxidation sites excluding steroid dienone is 6. The Morgan fingerprint density at radius 2 is 1.93 bits per heavy atom. The monoisotopic (exact) mass is 535 g/mol. The Balaban J connectivity index is 1.80. The summed E-state index contributed by atoms with van der Waals surface area (Å²) in [4.78, 5) is 0. The molecule has 3 rings (SSSR count). The average Bonchev–Trinajstić information content (AvgIpc) is 3.33. The molecule has 0 aromatic heterocycles. The third-order valence-corrected chi connectivity index (χ3v) is 16.7. The van der Waals surface area contributed by atoms with Crippen LogP contribution in [0.15, 0.2) is 36.0 Å². The van der Waals surface area contributed by atoms with E-state index in [4.69, 9.17) is 0 Å². The first-order chi connectivity index (χ1) is 12.9. The second kappa shape index (κ2) is 8.85. The summed E-state index contributed by atoms with van der Waals surface area (Å²) in [5.74, 6) is 2.65. The van der Waals surface area contributed by atoms with Crippen LogP contribution in [0.1, 0.15) is 79.1 Å². The number of fused-ring (bicyclic) bond motifs is 1. The molecule has 3 aliphatic rings. The molecule has 5 atom stereocenters. The molecule has 0 amide bonds. The van der Waals surface area contributed by atoms with Gasteiger partial charge in [-0.05, 0) is 0 Å². The third-order valence-electron chi connectivity index (χ3n) is 9.01. The minimum atomic E-state index is -1.36. The second-order valence-electron chi connectivity index (χ2n) is 10.3. The molecule has 0 bridgehead atoms. The summed E-state index contributed by atoms with van der Waals surface area (Å²) in [6.45, 7) is 10.1. The van der Waals surface area contributed by atoms with Gasteiger partial charge >= 0.3 is 178 Å². The topological polar surface area (TPSA) is 0 Å². The standard InChI is InChI=1S/C24H37.2CH3.Hf/c1-5-24(6-2)18-16-21-14-9-15-22(21)23(24,4)17-10-11-19(3)20-12-7-8-13-20;;;/h7-8,12,15-16,18-19,21-22H,5-6,9-11,13-14,17H2,1-4H3;2*1H3;. The number of hydrogen-bond acceptors (Lipinski definition) is 0. The first-order valence-electron chi connectivity index (χ1n) is 11.7. The fourth-order valence-corrected chi connectivity index (χ4v) is 14.6. The summed E-state index contributed by atoms with van der Waals surface area (Å²) in [6, 6.07) is 0. The normalized spacial score (nSPS) is 35.2. The van der Waals surface area contributed by atoms with E-state index < -0.39 is 21.4 Å². The first-order valence-corrected chi connectivity index (χ1v) is 21.0. The van der Waals surface area contributed by atoms with Crippen LogP contribution in [0, 0.1) is 28.6 Å². The van der Waals surface area contributed by atoms with Gasteiger partial charge in [0.25, 0.3) is 0 Å². The maximum absolute atomic E-state index is 2.73. The van der Waals surface area contributed by atoms with Gasteiger partial charge in [-0.2, -0.15) is 0 Å². The molecule has 0 aromatic rings. The fourth-order valence-electron chi connectivity index (χ4n) is 7.14. The van der Waals surface area contributed by atoms with Gasteiger partial charge in [0.2, 0.25) is 0 Å². The van der Waals surface area contributed by atoms with Crippen LogP contribution in [-0.2, 0) is 21.4 Å². The quantitative estimate of drug-likeness (QED) is 0.216. The fraction of sp³-hybridized carbons (Fsp3) is 0.769. The average molecular weight is 534 g/mol. The molecule has 3 aliphatic carbocycles. The van der Waals surface area contributed by atoms with Gasteiger partial charge in [-0.3, -0.25) is 0 Å². The van der Waals surface area contributed by atoms with E-state index in [2.05, 4.69) is 67.4 Å². The van der Waals surface area contributed by atoms with Crippen molar-refractivity contribution in [2.24, 2.45) is 28.6 Å². The van der Waals surface area contributed by atoms with Crippen molar-refractivity contribution in [1.82, 2.24) is 0 Å². The molecule has 1 fully saturated rings. The molecule has 5 unspecified atom stereocenters. The Hall–Kier alpha value is 0.0901. The van der Waals surface area contributed by atoms with Crippen LogP contribution < -0.4 is 0 Å². The summed E-state index contributed by atoms with van der Waals surface area (Å²) in [5, 5.41) is 0. The molecule has 0 saturated heterocycles. The molecule has 0 N–H and O–H groups in total. The predicted octanol–water partition coefficient (Wildman–Crippen LogP) is 8.59. The summed E-state index contributed by atoms with van der Waals surface area (Å²) in [7, 11) is 0. The molecule has 0 spiro atoms. The zero-order chi connectivity index (χ0) is 19.7. The zero-order valence-electron chi connectivity index (χ0n) is 18.9. The Labute approximate surface area is 177 Å². The Morgan fingerprint density at radius 3 is 2.52 bits per heavy atom. The van der Waals surface area contributed by atoms with Gasteiger partial charge in [0.15, 0.2) is 0 Å². The molecule has 0 radical (unpaired) electrons. The predicted molar refractivity (Wildman–Crippen MR) is 117 cm³/mol. The van der Waals surface area contributed by atoms with Crippen LogP contribution in [0.2, 0.25) is 13.0 Å². The molecule has 27 heavy (non-hydrogen) atoms. The van der Waals surface area contributed by atoms with Crippen molar-refractivity contribution < 1.29 is 21.4 Å². The van der Waals surface area contributed by atoms with Gasteiger partial charge in [0.1, 0.15) is 0 Å². The van der Waals surface area contributed by atoms with E-state index in [1.54, 1.807) is 12.0 Å². The summed E-state index contributed by atoms with van der Waals surface area (Å²) >= 11 is -1.36. The molecule has 0 nitrogen and oxygen atoms in total. The van der Waals surface area contributed by atoms with Crippen molar-refractivity contribution >= 4 is 0 Å². The molecular weight excluding hydrogens is 491 g/mol. The maximum atomic E-state index is 2.73. The van der Waals surface area contributed by atoms with E-state index in [0.29, 0.717) is 10.8 Å². The SMILES string of the molecule is CCC1(CC)C=CC2CC[CH]([Hf]([CH3])[CH3])C2C1(C)CCCC(C)C1=CC=CC1. The van der Waals surface area contributed by atoms with E-state index >= 15 is 0 Å². The Bertz CT molecular complexity index is 591. The van der Waals surface area contributed by atoms with Gasteiger partial charge in [0.05, 0.1) is 0 Å². The van der Waals surface area contributed by atoms with Crippen molar-refractivity contribution in [2.75, 3.05) is 0 Å². The van der Waals surface area contributed by atoms with Gasteiger partial charge in [-0.25, -0.2) is 0 Å². The van der Waals surface area contributed by atoms with E-state index in [1.807, 2.05) is 0 Å². The van der Waals surface area contributed by atoms with Gasteiger partial charge in [-0.1, -0.05) is 0 Å². The van der Waals surface area contributed by atoms with E-state index in [1.165, 1.54) is 44.9 Å². The van der Waals surface area contributed by atoms with Crippen molar-refractivity contribution in [3.63, 3.8) is 0 Å². The van der Waals surface area contributed by atoms with Crippen LogP contribution in [0.3, 0.4) is 0 Å². The van der Waals surface area contributed by atoms with E-state index in [-0.39, 0.29) is 0 Å². The molecule has 0 aromatic carbocycles. The third kappa shape index (κ3) is 3.93. The van der Waals surface area contributed by atoms with Crippen molar-refractivity contribution in [1.29, 1.82) is 0 Å². The summed E-state index contributed by atoms with van der Waals surface area (Å²) < 4.78 is 6.52. The van der Waals surface area contributed by atoms with Gasteiger partial charge in [0, 0.05) is 0 Å². The Morgan fingerprint density at radius 1 is 1.19 bits per heavy atom. The number of rotatable bonds is 8. The Kier molecular flexibility index (Phi) is 7.14. The number of hydrogen-bond donors (Lipinski definition) is 0. The van der Waals surface area contributed by atoms with Crippen LogP contribution in [0.4, 0.5) is 0 Å². The molecule has 0 aliphatic heterocycles. The van der Waals surface area contributed by atoms with Crippen molar-refractivity contribution in [3.8, 4) is 0 Å². The summed E-state index contributed by atoms with van der Waals surface area (Å²) in [5.41, 5.74) is 2.62. The first kappa shape index (κ1) is 21.8. The van der Waals surface area contributed by atoms with E-state index in [0.717, 1.165) is 21.4 Å². The van der Waals surface area contributed by atoms with E-state index in [9.17, 15) is 0 Å². The van der Waals surface area contributed by atoms with Crippen molar-refractivity contribution in [3.05, 3.63) is 36.0 Å². The molecule has 1 saturated carbocycles. The van der Waals surface area contributed by atoms with Gasteiger partial charge < -0.3 is 0 Å². The molecule has 0 heterocycles. The molecular formula is C26H43Hf. The molecule has 1 heteroatoms. The second-order valence-corrected chi connectivity index (χ2v) is 20.7. The minimum absolute atomic E-state index is 0.440. The van der Waals surface area contributed by atoms with Crippen LogP contribution in [0.5, 0.6) is 0 Å². The summed E-state index contributed by atoms with van der Waals surface area (Å²) in [6.07, 6.45) is 23.4. The molecule has 151 valence electrons. The van der Waals surface area contributed by atoms with Crippen LogP contribution >= 0.6 is 0 Å². The van der Waals surface area contributed by atoms with Gasteiger partial charge in [-0.15, -0.1) is 0 Å².